The van der Waals surface area contributed by atoms with Gasteiger partial charge in [0, 0.05) is 20.1 Å². The van der Waals surface area contributed by atoms with Crippen molar-refractivity contribution < 1.29 is 9.13 Å². The van der Waals surface area contributed by atoms with Crippen LogP contribution in [0.4, 0.5) is 4.39 Å². The summed E-state index contributed by atoms with van der Waals surface area (Å²) in [4.78, 5) is -0.276. The molecule has 106 valence electrons. The van der Waals surface area contributed by atoms with Gasteiger partial charge >= 0.3 is 0 Å². The van der Waals surface area contributed by atoms with E-state index in [1.54, 1.807) is 13.2 Å². The van der Waals surface area contributed by atoms with Crippen molar-refractivity contribution >= 4 is 47.8 Å². The van der Waals surface area contributed by atoms with Crippen molar-refractivity contribution in [3.8, 4) is 5.75 Å². The number of halogens is 4. The Balaban J connectivity index is 2.52. The van der Waals surface area contributed by atoms with Gasteiger partial charge in [0.15, 0.2) is 0 Å². The number of hydrogen-bond acceptors (Lipinski definition) is 1. The molecule has 0 aliphatic rings. The second-order valence-electron chi connectivity index (χ2n) is 4.37. The van der Waals surface area contributed by atoms with Crippen LogP contribution in [0.5, 0.6) is 5.75 Å². The zero-order valence-electron chi connectivity index (χ0n) is 10.9. The largest absolute Gasteiger partial charge is 0.496 e. The highest BCUT2D eigenvalue weighted by Crippen LogP contribution is 2.40. The first-order chi connectivity index (χ1) is 9.43. The number of rotatable bonds is 3. The van der Waals surface area contributed by atoms with Gasteiger partial charge in [0.05, 0.1) is 11.9 Å². The van der Waals surface area contributed by atoms with Crippen LogP contribution in [0.15, 0.2) is 39.3 Å². The molecule has 2 aromatic rings. The molecule has 0 amide bonds. The minimum Gasteiger partial charge on any atom is -0.496 e. The molecule has 2 rings (SSSR count). The average molecular weight is 467 g/mol. The van der Waals surface area contributed by atoms with E-state index in [0.29, 0.717) is 5.56 Å². The summed E-state index contributed by atoms with van der Waals surface area (Å²) in [5.74, 6) is 0.467. The summed E-state index contributed by atoms with van der Waals surface area (Å²) in [5.41, 5.74) is 2.52. The predicted octanol–water partition coefficient (Wildman–Crippen LogP) is 6.15. The average Bonchev–Trinajstić information content (AvgIpc) is 2.40. The van der Waals surface area contributed by atoms with Crippen LogP contribution >= 0.6 is 47.8 Å². The van der Waals surface area contributed by atoms with E-state index in [1.807, 2.05) is 25.1 Å². The van der Waals surface area contributed by atoms with Crippen molar-refractivity contribution in [2.24, 2.45) is 0 Å². The Hall–Kier alpha value is -0.390. The summed E-state index contributed by atoms with van der Waals surface area (Å²) < 4.78 is 21.2. The fourth-order valence-electron chi connectivity index (χ4n) is 1.92. The lowest BCUT2D eigenvalue weighted by Gasteiger charge is -2.17. The molecule has 1 atom stereocenters. The number of ether oxygens (including phenoxy) is 1. The third kappa shape index (κ3) is 3.26. The molecule has 0 spiro atoms. The molecule has 5 heteroatoms. The smallest absolute Gasteiger partial charge is 0.129 e. The molecule has 1 nitrogen and oxygen atoms in total. The van der Waals surface area contributed by atoms with E-state index < -0.39 is 0 Å². The highest BCUT2D eigenvalue weighted by atomic mass is 79.9. The number of hydrogen-bond donors (Lipinski definition) is 0. The Bertz CT molecular complexity index is 643. The Kier molecular flexibility index (Phi) is 5.26. The highest BCUT2D eigenvalue weighted by molar-refractivity contribution is 9.11. The molecule has 0 radical (unpaired) electrons. The van der Waals surface area contributed by atoms with E-state index in [1.165, 1.54) is 6.07 Å². The van der Waals surface area contributed by atoms with Crippen LogP contribution in [0.1, 0.15) is 21.5 Å². The fraction of sp³-hybridized carbons (Fsp3) is 0.200. The molecule has 2 aromatic carbocycles. The molecule has 0 aliphatic heterocycles. The summed E-state index contributed by atoms with van der Waals surface area (Å²) >= 11 is 10.3. The van der Waals surface area contributed by atoms with Crippen molar-refractivity contribution in [1.29, 1.82) is 0 Å². The van der Waals surface area contributed by atoms with Crippen molar-refractivity contribution in [3.63, 3.8) is 0 Å². The second kappa shape index (κ2) is 6.58. The maximum absolute atomic E-state index is 14.1. The van der Waals surface area contributed by atoms with Crippen LogP contribution in [-0.4, -0.2) is 7.11 Å². The van der Waals surface area contributed by atoms with E-state index in [2.05, 4.69) is 47.8 Å². The van der Waals surface area contributed by atoms with E-state index in [9.17, 15) is 4.39 Å². The quantitative estimate of drug-likeness (QED) is 0.493. The first-order valence-electron chi connectivity index (χ1n) is 5.87. The van der Waals surface area contributed by atoms with Gasteiger partial charge in [-0.1, -0.05) is 53.9 Å². The Morgan fingerprint density at radius 2 is 1.80 bits per heavy atom. The number of methoxy groups -OCH3 is 1. The van der Waals surface area contributed by atoms with E-state index in [0.717, 1.165) is 25.8 Å². The Morgan fingerprint density at radius 3 is 2.40 bits per heavy atom. The molecule has 0 N–H and O–H groups in total. The SMILES string of the molecule is COc1cc(C)c(Br)cc1C(Br)c1ccc(Br)cc1F. The van der Waals surface area contributed by atoms with Gasteiger partial charge in [-0.25, -0.2) is 4.39 Å². The minimum atomic E-state index is -0.276. The van der Waals surface area contributed by atoms with Gasteiger partial charge in [0.1, 0.15) is 11.6 Å². The van der Waals surface area contributed by atoms with Crippen LogP contribution in [0.3, 0.4) is 0 Å². The summed E-state index contributed by atoms with van der Waals surface area (Å²) in [7, 11) is 1.61. The van der Waals surface area contributed by atoms with Gasteiger partial charge in [0.25, 0.3) is 0 Å². The lowest BCUT2D eigenvalue weighted by atomic mass is 10.0. The lowest BCUT2D eigenvalue weighted by Crippen LogP contribution is -2.00. The molecule has 0 saturated heterocycles. The van der Waals surface area contributed by atoms with Crippen molar-refractivity contribution in [2.45, 2.75) is 11.8 Å². The molecule has 20 heavy (non-hydrogen) atoms. The summed E-state index contributed by atoms with van der Waals surface area (Å²) in [6, 6.07) is 8.92. The molecule has 0 aromatic heterocycles. The number of benzene rings is 2. The predicted molar refractivity (Wildman–Crippen MR) is 90.3 cm³/mol. The molecule has 1 unspecified atom stereocenters. The van der Waals surface area contributed by atoms with E-state index in [-0.39, 0.29) is 10.6 Å². The Morgan fingerprint density at radius 1 is 1.10 bits per heavy atom. The molecule has 0 fully saturated rings. The van der Waals surface area contributed by atoms with Gasteiger partial charge < -0.3 is 4.74 Å². The number of alkyl halides is 1. The van der Waals surface area contributed by atoms with Gasteiger partial charge in [-0.3, -0.25) is 0 Å². The zero-order chi connectivity index (χ0) is 14.9. The zero-order valence-corrected chi connectivity index (χ0v) is 15.6. The maximum Gasteiger partial charge on any atom is 0.129 e. The van der Waals surface area contributed by atoms with Crippen LogP contribution < -0.4 is 4.74 Å². The summed E-state index contributed by atoms with van der Waals surface area (Å²) in [6.45, 7) is 1.99. The molecule has 0 bridgehead atoms. The molecule has 0 aliphatic carbocycles. The summed E-state index contributed by atoms with van der Waals surface area (Å²) in [5, 5.41) is 0. The first-order valence-corrected chi connectivity index (χ1v) is 8.37. The topological polar surface area (TPSA) is 9.23 Å². The van der Waals surface area contributed by atoms with Crippen molar-refractivity contribution in [2.75, 3.05) is 7.11 Å². The van der Waals surface area contributed by atoms with E-state index in [4.69, 9.17) is 4.74 Å². The summed E-state index contributed by atoms with van der Waals surface area (Å²) in [6.07, 6.45) is 0. The van der Waals surface area contributed by atoms with Crippen LogP contribution in [0, 0.1) is 12.7 Å². The highest BCUT2D eigenvalue weighted by Gasteiger charge is 2.20. The second-order valence-corrected chi connectivity index (χ2v) is 7.06. The minimum absolute atomic E-state index is 0.264. The van der Waals surface area contributed by atoms with Crippen LogP contribution in [-0.2, 0) is 0 Å². The van der Waals surface area contributed by atoms with Gasteiger partial charge in [0.2, 0.25) is 0 Å². The normalized spacial score (nSPS) is 12.3. The maximum atomic E-state index is 14.1. The third-order valence-electron chi connectivity index (χ3n) is 3.02. The van der Waals surface area contributed by atoms with Gasteiger partial charge in [-0.05, 0) is 36.8 Å². The molecule has 0 heterocycles. The van der Waals surface area contributed by atoms with Gasteiger partial charge in [-0.15, -0.1) is 0 Å². The molecule has 0 saturated carbocycles. The third-order valence-corrected chi connectivity index (χ3v) is 5.35. The standard InChI is InChI=1S/C15H12Br3FO/c1-8-5-14(20-2)11(7-12(8)17)15(18)10-4-3-9(16)6-13(10)19/h3-7,15H,1-2H3. The Labute approximate surface area is 142 Å². The van der Waals surface area contributed by atoms with Crippen LogP contribution in [0.2, 0.25) is 0 Å². The van der Waals surface area contributed by atoms with Crippen molar-refractivity contribution in [1.82, 2.24) is 0 Å². The fourth-order valence-corrected chi connectivity index (χ4v) is 3.34. The van der Waals surface area contributed by atoms with Gasteiger partial charge in [-0.2, -0.15) is 0 Å². The monoisotopic (exact) mass is 464 g/mol. The first kappa shape index (κ1) is 16.0. The molecular formula is C15H12Br3FO. The van der Waals surface area contributed by atoms with Crippen LogP contribution in [0.25, 0.3) is 0 Å². The van der Waals surface area contributed by atoms with Crippen molar-refractivity contribution in [3.05, 3.63) is 61.8 Å². The van der Waals surface area contributed by atoms with E-state index >= 15 is 0 Å². The lowest BCUT2D eigenvalue weighted by molar-refractivity contribution is 0.410. The molecular weight excluding hydrogens is 455 g/mol. The number of aryl methyl sites for hydroxylation is 1.